The van der Waals surface area contributed by atoms with Gasteiger partial charge in [-0.3, -0.25) is 4.79 Å². The summed E-state index contributed by atoms with van der Waals surface area (Å²) in [5.74, 6) is -0.619. The van der Waals surface area contributed by atoms with Crippen molar-refractivity contribution in [1.29, 1.82) is 0 Å². The molecule has 6 heteroatoms. The van der Waals surface area contributed by atoms with E-state index in [4.69, 9.17) is 0 Å². The Labute approximate surface area is 133 Å². The third kappa shape index (κ3) is 5.78. The second-order valence-electron chi connectivity index (χ2n) is 4.87. The van der Waals surface area contributed by atoms with Crippen LogP contribution >= 0.6 is 0 Å². The molecule has 0 fully saturated rings. The molecule has 2 rings (SSSR count). The minimum atomic E-state index is -0.458. The van der Waals surface area contributed by atoms with Gasteiger partial charge in [0.05, 0.1) is 6.54 Å². The number of carbonyl (C=O) groups is 2. The fourth-order valence-electron chi connectivity index (χ4n) is 1.96. The molecule has 0 bridgehead atoms. The van der Waals surface area contributed by atoms with Gasteiger partial charge in [0.25, 0.3) is 0 Å². The molecule has 0 atom stereocenters. The van der Waals surface area contributed by atoms with Gasteiger partial charge in [-0.05, 0) is 30.2 Å². The van der Waals surface area contributed by atoms with E-state index in [0.29, 0.717) is 24.2 Å². The number of hydrogen-bond donors (Lipinski definition) is 3. The zero-order valence-electron chi connectivity index (χ0n) is 12.5. The lowest BCUT2D eigenvalue weighted by Gasteiger charge is -2.08. The average molecular weight is 315 g/mol. The molecule has 23 heavy (non-hydrogen) atoms. The molecular weight excluding hydrogens is 297 g/mol. The molecule has 0 aliphatic rings. The lowest BCUT2D eigenvalue weighted by Crippen LogP contribution is -2.39. The Balaban J connectivity index is 1.65. The van der Waals surface area contributed by atoms with E-state index in [1.54, 1.807) is 42.5 Å². The smallest absolute Gasteiger partial charge is 0.319 e. The molecule has 0 aliphatic carbocycles. The molecule has 0 aliphatic heterocycles. The fourth-order valence-corrected chi connectivity index (χ4v) is 1.96. The van der Waals surface area contributed by atoms with Crippen LogP contribution in [0.1, 0.15) is 5.56 Å². The van der Waals surface area contributed by atoms with Crippen LogP contribution in [0.2, 0.25) is 0 Å². The Morgan fingerprint density at radius 1 is 0.913 bits per heavy atom. The third-order valence-corrected chi connectivity index (χ3v) is 3.12. The highest BCUT2D eigenvalue weighted by Crippen LogP contribution is 2.06. The summed E-state index contributed by atoms with van der Waals surface area (Å²) < 4.78 is 13.4. The van der Waals surface area contributed by atoms with Gasteiger partial charge >= 0.3 is 6.03 Å². The Kier molecular flexibility index (Phi) is 6.11. The second-order valence-corrected chi connectivity index (χ2v) is 4.87. The van der Waals surface area contributed by atoms with Crippen LogP contribution < -0.4 is 16.0 Å². The summed E-state index contributed by atoms with van der Waals surface area (Å²) in [5, 5.41) is 7.69. The zero-order valence-corrected chi connectivity index (χ0v) is 12.5. The molecule has 0 aromatic heterocycles. The van der Waals surface area contributed by atoms with Gasteiger partial charge in [-0.1, -0.05) is 36.4 Å². The molecule has 3 amide bonds. The summed E-state index contributed by atoms with van der Waals surface area (Å²) in [7, 11) is 0. The molecular formula is C17H18FN3O2. The number of carbonyl (C=O) groups excluding carboxylic acids is 2. The van der Waals surface area contributed by atoms with E-state index in [-0.39, 0.29) is 18.3 Å². The highest BCUT2D eigenvalue weighted by atomic mass is 19.1. The summed E-state index contributed by atoms with van der Waals surface area (Å²) in [4.78, 5) is 23.2. The van der Waals surface area contributed by atoms with Gasteiger partial charge in [0.15, 0.2) is 0 Å². The van der Waals surface area contributed by atoms with Crippen LogP contribution in [-0.2, 0) is 11.2 Å². The lowest BCUT2D eigenvalue weighted by atomic mass is 10.1. The predicted octanol–water partition coefficient (Wildman–Crippen LogP) is 2.31. The Morgan fingerprint density at radius 3 is 2.35 bits per heavy atom. The van der Waals surface area contributed by atoms with Crippen LogP contribution in [0.15, 0.2) is 54.6 Å². The first kappa shape index (κ1) is 16.5. The average Bonchev–Trinajstić information content (AvgIpc) is 2.56. The van der Waals surface area contributed by atoms with Crippen molar-refractivity contribution in [2.24, 2.45) is 0 Å². The standard InChI is InChI=1S/C17H18FN3O2/c18-15-9-5-4-6-13(15)10-11-19-16(22)12-20-17(23)21-14-7-2-1-3-8-14/h1-9H,10-12H2,(H,19,22)(H2,20,21,23). The lowest BCUT2D eigenvalue weighted by molar-refractivity contribution is -0.120. The number of anilines is 1. The van der Waals surface area contributed by atoms with Crippen LogP contribution in [-0.4, -0.2) is 25.0 Å². The van der Waals surface area contributed by atoms with Crippen molar-refractivity contribution in [2.45, 2.75) is 6.42 Å². The van der Waals surface area contributed by atoms with Crippen molar-refractivity contribution in [3.8, 4) is 0 Å². The number of nitrogens with one attached hydrogen (secondary N) is 3. The molecule has 3 N–H and O–H groups in total. The van der Waals surface area contributed by atoms with Crippen molar-refractivity contribution in [2.75, 3.05) is 18.4 Å². The van der Waals surface area contributed by atoms with Gasteiger partial charge in [-0.2, -0.15) is 0 Å². The minimum Gasteiger partial charge on any atom is -0.354 e. The molecule has 2 aromatic carbocycles. The molecule has 0 heterocycles. The largest absolute Gasteiger partial charge is 0.354 e. The van der Waals surface area contributed by atoms with E-state index < -0.39 is 6.03 Å². The topological polar surface area (TPSA) is 70.2 Å². The van der Waals surface area contributed by atoms with E-state index in [0.717, 1.165) is 0 Å². The van der Waals surface area contributed by atoms with Crippen molar-refractivity contribution in [1.82, 2.24) is 10.6 Å². The van der Waals surface area contributed by atoms with E-state index >= 15 is 0 Å². The number of hydrogen-bond acceptors (Lipinski definition) is 2. The summed E-state index contributed by atoms with van der Waals surface area (Å²) in [6, 6.07) is 14.9. The van der Waals surface area contributed by atoms with Gasteiger partial charge in [-0.25, -0.2) is 9.18 Å². The Bertz CT molecular complexity index is 662. The molecule has 0 radical (unpaired) electrons. The minimum absolute atomic E-state index is 0.143. The van der Waals surface area contributed by atoms with Crippen LogP contribution in [0.3, 0.4) is 0 Å². The van der Waals surface area contributed by atoms with Gasteiger partial charge in [-0.15, -0.1) is 0 Å². The van der Waals surface area contributed by atoms with Gasteiger partial charge < -0.3 is 16.0 Å². The first-order chi connectivity index (χ1) is 11.1. The van der Waals surface area contributed by atoms with Gasteiger partial charge in [0.1, 0.15) is 5.82 Å². The Morgan fingerprint density at radius 2 is 1.61 bits per heavy atom. The molecule has 5 nitrogen and oxygen atoms in total. The van der Waals surface area contributed by atoms with E-state index in [1.807, 2.05) is 6.07 Å². The molecule has 0 unspecified atom stereocenters. The second kappa shape index (κ2) is 8.53. The van der Waals surface area contributed by atoms with Crippen molar-refractivity contribution in [3.63, 3.8) is 0 Å². The van der Waals surface area contributed by atoms with Crippen LogP contribution in [0.25, 0.3) is 0 Å². The molecule has 0 spiro atoms. The SMILES string of the molecule is O=C(CNC(=O)Nc1ccccc1)NCCc1ccccc1F. The number of rotatable bonds is 6. The third-order valence-electron chi connectivity index (χ3n) is 3.12. The maximum Gasteiger partial charge on any atom is 0.319 e. The number of amides is 3. The molecule has 0 saturated heterocycles. The van der Waals surface area contributed by atoms with Gasteiger partial charge in [0.2, 0.25) is 5.91 Å². The Hall–Kier alpha value is -2.89. The van der Waals surface area contributed by atoms with E-state index in [1.165, 1.54) is 6.07 Å². The summed E-state index contributed by atoms with van der Waals surface area (Å²) in [5.41, 5.74) is 1.19. The van der Waals surface area contributed by atoms with Crippen LogP contribution in [0, 0.1) is 5.82 Å². The van der Waals surface area contributed by atoms with Crippen molar-refractivity contribution in [3.05, 3.63) is 66.0 Å². The van der Waals surface area contributed by atoms with Gasteiger partial charge in [0, 0.05) is 12.2 Å². The number of benzene rings is 2. The fraction of sp³-hybridized carbons (Fsp3) is 0.176. The number of para-hydroxylation sites is 1. The van der Waals surface area contributed by atoms with Crippen molar-refractivity contribution >= 4 is 17.6 Å². The summed E-state index contributed by atoms with van der Waals surface area (Å²) in [6.07, 6.45) is 0.397. The zero-order chi connectivity index (χ0) is 16.5. The normalized spacial score (nSPS) is 9.96. The van der Waals surface area contributed by atoms with E-state index in [9.17, 15) is 14.0 Å². The quantitative estimate of drug-likeness (QED) is 0.765. The highest BCUT2D eigenvalue weighted by molar-refractivity contribution is 5.92. The maximum atomic E-state index is 13.4. The first-order valence-electron chi connectivity index (χ1n) is 7.25. The monoisotopic (exact) mass is 315 g/mol. The first-order valence-corrected chi connectivity index (χ1v) is 7.25. The molecule has 2 aromatic rings. The van der Waals surface area contributed by atoms with Crippen LogP contribution in [0.5, 0.6) is 0 Å². The van der Waals surface area contributed by atoms with E-state index in [2.05, 4.69) is 16.0 Å². The van der Waals surface area contributed by atoms with Crippen molar-refractivity contribution < 1.29 is 14.0 Å². The molecule has 0 saturated carbocycles. The summed E-state index contributed by atoms with van der Waals surface area (Å²) in [6.45, 7) is 0.164. The summed E-state index contributed by atoms with van der Waals surface area (Å²) >= 11 is 0. The molecule has 120 valence electrons. The number of urea groups is 1. The maximum absolute atomic E-state index is 13.4. The number of halogens is 1. The van der Waals surface area contributed by atoms with Crippen LogP contribution in [0.4, 0.5) is 14.9 Å². The predicted molar refractivity (Wildman–Crippen MR) is 86.6 cm³/mol. The highest BCUT2D eigenvalue weighted by Gasteiger charge is 2.06.